The minimum absolute atomic E-state index is 0.0647. The van der Waals surface area contributed by atoms with Crippen LogP contribution in [-0.4, -0.2) is 9.13 Å². The lowest BCUT2D eigenvalue weighted by Crippen LogP contribution is -2.15. The lowest BCUT2D eigenvalue weighted by atomic mass is 9.82. The van der Waals surface area contributed by atoms with Crippen molar-refractivity contribution in [1.29, 1.82) is 0 Å². The highest BCUT2D eigenvalue weighted by Gasteiger charge is 2.35. The number of nitrogens with zero attached hydrogens (tertiary/aromatic N) is 2. The Morgan fingerprint density at radius 3 is 1.55 bits per heavy atom. The molecule has 1 aliphatic rings. The van der Waals surface area contributed by atoms with Gasteiger partial charge in [-0.3, -0.25) is 0 Å². The fraction of sp³-hybridized carbons (Fsp3) is 0.0612. The maximum absolute atomic E-state index is 2.47. The van der Waals surface area contributed by atoms with Crippen molar-refractivity contribution in [2.45, 2.75) is 19.3 Å². The van der Waals surface area contributed by atoms with E-state index in [1.54, 1.807) is 0 Å². The molecule has 0 fully saturated rings. The largest absolute Gasteiger partial charge is 0.309 e. The van der Waals surface area contributed by atoms with Gasteiger partial charge in [-0.1, -0.05) is 135 Å². The standard InChI is InChI=1S/C49H34N2/c1-49(2)43-16-8-5-13-37(43)38-26-23-36(30-44(38)49)51-46-18-10-7-15-40(46)42-25-21-34(29-48(42)51)33-20-24-41-39-14-6-9-17-45(39)50(47(41)28-33)35-22-19-31-11-3-4-12-32(31)27-35/h3-30H,1-2H3. The van der Waals surface area contributed by atoms with E-state index in [1.165, 1.54) is 99.1 Å². The number of hydrogen-bond acceptors (Lipinski definition) is 0. The first-order valence-corrected chi connectivity index (χ1v) is 17.9. The smallest absolute Gasteiger partial charge is 0.0547 e. The predicted octanol–water partition coefficient (Wildman–Crippen LogP) is 13.0. The number of benzene rings is 8. The zero-order chi connectivity index (χ0) is 33.8. The summed E-state index contributed by atoms with van der Waals surface area (Å²) in [6.45, 7) is 4.72. The molecule has 0 radical (unpaired) electrons. The first-order valence-electron chi connectivity index (χ1n) is 17.9. The summed E-state index contributed by atoms with van der Waals surface area (Å²) >= 11 is 0. The molecule has 2 aromatic heterocycles. The minimum atomic E-state index is -0.0647. The molecule has 51 heavy (non-hydrogen) atoms. The molecule has 0 unspecified atom stereocenters. The van der Waals surface area contributed by atoms with Crippen LogP contribution in [0, 0.1) is 0 Å². The van der Waals surface area contributed by atoms with Gasteiger partial charge < -0.3 is 9.13 Å². The molecule has 0 atom stereocenters. The van der Waals surface area contributed by atoms with Gasteiger partial charge in [0.05, 0.1) is 22.1 Å². The molecule has 11 rings (SSSR count). The minimum Gasteiger partial charge on any atom is -0.309 e. The van der Waals surface area contributed by atoms with E-state index in [9.17, 15) is 0 Å². The van der Waals surface area contributed by atoms with Crippen LogP contribution in [0.5, 0.6) is 0 Å². The first-order chi connectivity index (χ1) is 25.0. The summed E-state index contributed by atoms with van der Waals surface area (Å²) in [4.78, 5) is 0. The van der Waals surface area contributed by atoms with Gasteiger partial charge in [-0.2, -0.15) is 0 Å². The maximum Gasteiger partial charge on any atom is 0.0547 e. The SMILES string of the molecule is CC1(C)c2ccccc2-c2ccc(-n3c4ccccc4c4ccc(-c5ccc6c7ccccc7n(-c7ccc8ccccc8c7)c6c5)cc43)cc21. The van der Waals surface area contributed by atoms with Gasteiger partial charge in [-0.15, -0.1) is 0 Å². The van der Waals surface area contributed by atoms with Crippen molar-refractivity contribution in [2.24, 2.45) is 0 Å². The quantitative estimate of drug-likeness (QED) is 0.180. The molecule has 0 saturated heterocycles. The van der Waals surface area contributed by atoms with Gasteiger partial charge >= 0.3 is 0 Å². The van der Waals surface area contributed by atoms with E-state index in [0.29, 0.717) is 0 Å². The number of para-hydroxylation sites is 2. The number of rotatable bonds is 3. The summed E-state index contributed by atoms with van der Waals surface area (Å²) in [5.41, 5.74) is 15.1. The van der Waals surface area contributed by atoms with Gasteiger partial charge in [0.2, 0.25) is 0 Å². The van der Waals surface area contributed by atoms with Gasteiger partial charge in [0.15, 0.2) is 0 Å². The average molecular weight is 651 g/mol. The van der Waals surface area contributed by atoms with E-state index in [1.807, 2.05) is 0 Å². The summed E-state index contributed by atoms with van der Waals surface area (Å²) in [6.07, 6.45) is 0. The molecule has 0 aliphatic heterocycles. The van der Waals surface area contributed by atoms with Crippen LogP contribution in [0.15, 0.2) is 170 Å². The van der Waals surface area contributed by atoms with Gasteiger partial charge in [0.1, 0.15) is 0 Å². The van der Waals surface area contributed by atoms with Gasteiger partial charge in [0.25, 0.3) is 0 Å². The average Bonchev–Trinajstić information content (AvgIpc) is 3.77. The third-order valence-electron chi connectivity index (χ3n) is 11.5. The maximum atomic E-state index is 2.47. The van der Waals surface area contributed by atoms with Crippen molar-refractivity contribution in [3.63, 3.8) is 0 Å². The van der Waals surface area contributed by atoms with Crippen LogP contribution in [0.4, 0.5) is 0 Å². The van der Waals surface area contributed by atoms with Crippen molar-refractivity contribution < 1.29 is 0 Å². The molecule has 8 aromatic carbocycles. The molecule has 1 aliphatic carbocycles. The fourth-order valence-electron chi connectivity index (χ4n) is 9.00. The van der Waals surface area contributed by atoms with Crippen molar-refractivity contribution in [3.8, 4) is 33.6 Å². The summed E-state index contributed by atoms with van der Waals surface area (Å²) in [7, 11) is 0. The Kier molecular flexibility index (Phi) is 5.76. The molecule has 2 heteroatoms. The Bertz CT molecular complexity index is 3060. The summed E-state index contributed by atoms with van der Waals surface area (Å²) in [6, 6.07) is 63.0. The molecular weight excluding hydrogens is 617 g/mol. The van der Waals surface area contributed by atoms with E-state index in [4.69, 9.17) is 0 Å². The Hall–Kier alpha value is -6.38. The van der Waals surface area contributed by atoms with Crippen LogP contribution in [-0.2, 0) is 5.41 Å². The zero-order valence-corrected chi connectivity index (χ0v) is 28.6. The van der Waals surface area contributed by atoms with Crippen LogP contribution in [0.2, 0.25) is 0 Å². The fourth-order valence-corrected chi connectivity index (χ4v) is 9.00. The normalized spacial score (nSPS) is 13.5. The summed E-state index contributed by atoms with van der Waals surface area (Å²) in [5, 5.41) is 7.57. The third kappa shape index (κ3) is 3.99. The third-order valence-corrected chi connectivity index (χ3v) is 11.5. The summed E-state index contributed by atoms with van der Waals surface area (Å²) in [5.74, 6) is 0. The summed E-state index contributed by atoms with van der Waals surface area (Å²) < 4.78 is 4.90. The second-order valence-electron chi connectivity index (χ2n) is 14.6. The molecule has 0 amide bonds. The molecule has 0 spiro atoms. The van der Waals surface area contributed by atoms with Gasteiger partial charge in [-0.25, -0.2) is 0 Å². The van der Waals surface area contributed by atoms with Crippen molar-refractivity contribution >= 4 is 54.4 Å². The van der Waals surface area contributed by atoms with Crippen LogP contribution in [0.3, 0.4) is 0 Å². The first kappa shape index (κ1) is 28.5. The van der Waals surface area contributed by atoms with Gasteiger partial charge in [0, 0.05) is 38.3 Å². The topological polar surface area (TPSA) is 9.86 Å². The van der Waals surface area contributed by atoms with Crippen molar-refractivity contribution in [1.82, 2.24) is 9.13 Å². The van der Waals surface area contributed by atoms with Crippen LogP contribution >= 0.6 is 0 Å². The Morgan fingerprint density at radius 1 is 0.353 bits per heavy atom. The molecule has 0 saturated carbocycles. The highest BCUT2D eigenvalue weighted by atomic mass is 15.0. The van der Waals surface area contributed by atoms with Crippen LogP contribution < -0.4 is 0 Å². The second-order valence-corrected chi connectivity index (χ2v) is 14.6. The van der Waals surface area contributed by atoms with Gasteiger partial charge in [-0.05, 0) is 92.7 Å². The van der Waals surface area contributed by atoms with E-state index >= 15 is 0 Å². The zero-order valence-electron chi connectivity index (χ0n) is 28.6. The monoisotopic (exact) mass is 650 g/mol. The molecule has 2 nitrogen and oxygen atoms in total. The van der Waals surface area contributed by atoms with E-state index < -0.39 is 0 Å². The molecule has 2 heterocycles. The highest BCUT2D eigenvalue weighted by Crippen LogP contribution is 2.49. The van der Waals surface area contributed by atoms with Crippen LogP contribution in [0.1, 0.15) is 25.0 Å². The van der Waals surface area contributed by atoms with E-state index in [2.05, 4.69) is 193 Å². The lowest BCUT2D eigenvalue weighted by Gasteiger charge is -2.22. The predicted molar refractivity (Wildman–Crippen MR) is 216 cm³/mol. The number of aromatic nitrogens is 2. The highest BCUT2D eigenvalue weighted by molar-refractivity contribution is 6.12. The Morgan fingerprint density at radius 2 is 0.863 bits per heavy atom. The Labute approximate surface area is 296 Å². The number of fused-ring (bicyclic) bond motifs is 10. The molecule has 240 valence electrons. The second kappa shape index (κ2) is 10.3. The van der Waals surface area contributed by atoms with E-state index in [0.717, 1.165) is 0 Å². The molecular formula is C49H34N2. The molecule has 10 aromatic rings. The number of hydrogen-bond donors (Lipinski definition) is 0. The molecule has 0 bridgehead atoms. The van der Waals surface area contributed by atoms with E-state index in [-0.39, 0.29) is 5.41 Å². The lowest BCUT2D eigenvalue weighted by molar-refractivity contribution is 0.660. The molecule has 0 N–H and O–H groups in total. The van der Waals surface area contributed by atoms with Crippen LogP contribution in [0.25, 0.3) is 88.0 Å². The van der Waals surface area contributed by atoms with Crippen molar-refractivity contribution in [2.75, 3.05) is 0 Å². The van der Waals surface area contributed by atoms with Crippen molar-refractivity contribution in [3.05, 3.63) is 181 Å². The Balaban J connectivity index is 1.12.